The molecule has 1 fully saturated rings. The summed E-state index contributed by atoms with van der Waals surface area (Å²) in [4.78, 5) is 40.3. The first-order valence-corrected chi connectivity index (χ1v) is 10.3. The van der Waals surface area contributed by atoms with Crippen molar-refractivity contribution in [3.8, 4) is 11.3 Å². The summed E-state index contributed by atoms with van der Waals surface area (Å²) in [5.74, 6) is -0.489. The highest BCUT2D eigenvalue weighted by molar-refractivity contribution is 5.94. The molecule has 34 heavy (non-hydrogen) atoms. The van der Waals surface area contributed by atoms with Crippen molar-refractivity contribution in [3.05, 3.63) is 64.4 Å². The highest BCUT2D eigenvalue weighted by Crippen LogP contribution is 2.36. The van der Waals surface area contributed by atoms with Crippen LogP contribution in [0, 0.1) is 0 Å². The molecule has 1 aliphatic heterocycles. The van der Waals surface area contributed by atoms with Crippen molar-refractivity contribution in [1.29, 1.82) is 0 Å². The topological polar surface area (TPSA) is 101 Å². The van der Waals surface area contributed by atoms with Crippen LogP contribution in [0.2, 0.25) is 0 Å². The number of carbonyl (C=O) groups excluding carboxylic acids is 2. The van der Waals surface area contributed by atoms with Gasteiger partial charge in [0, 0.05) is 22.3 Å². The zero-order valence-corrected chi connectivity index (χ0v) is 17.9. The summed E-state index contributed by atoms with van der Waals surface area (Å²) in [7, 11) is 1.60. The van der Waals surface area contributed by atoms with Crippen LogP contribution in [-0.4, -0.2) is 49.9 Å². The zero-order valence-electron chi connectivity index (χ0n) is 17.9. The lowest BCUT2D eigenvalue weighted by atomic mass is 10.0. The maximum atomic E-state index is 13.4. The number of fused-ring (bicyclic) bond motifs is 1. The van der Waals surface area contributed by atoms with Crippen LogP contribution < -0.4 is 15.8 Å². The van der Waals surface area contributed by atoms with Crippen LogP contribution in [0.5, 0.6) is 0 Å². The Morgan fingerprint density at radius 3 is 2.71 bits per heavy atom. The number of nitrogens with zero attached hydrogens (tertiary/aromatic N) is 1. The van der Waals surface area contributed by atoms with Crippen LogP contribution in [0.25, 0.3) is 22.0 Å². The van der Waals surface area contributed by atoms with Gasteiger partial charge in [-0.1, -0.05) is 24.3 Å². The number of rotatable bonds is 6. The third-order valence-corrected chi connectivity index (χ3v) is 5.29. The van der Waals surface area contributed by atoms with Gasteiger partial charge in [-0.2, -0.15) is 13.2 Å². The number of nitrogens with one attached hydrogen (secondary N) is 2. The summed E-state index contributed by atoms with van der Waals surface area (Å²) in [5, 5.41) is 3.26. The van der Waals surface area contributed by atoms with Crippen LogP contribution >= 0.6 is 0 Å². The highest BCUT2D eigenvalue weighted by Gasteiger charge is 2.34. The molecule has 2 aromatic carbocycles. The van der Waals surface area contributed by atoms with Gasteiger partial charge in [0.1, 0.15) is 6.61 Å². The Labute approximate surface area is 191 Å². The van der Waals surface area contributed by atoms with E-state index < -0.39 is 35.5 Å². The summed E-state index contributed by atoms with van der Waals surface area (Å²) in [6.07, 6.45) is -5.93. The van der Waals surface area contributed by atoms with Crippen molar-refractivity contribution in [2.75, 3.05) is 31.6 Å². The number of aromatic nitrogens is 1. The first-order chi connectivity index (χ1) is 16.2. The molecule has 1 unspecified atom stereocenters. The zero-order chi connectivity index (χ0) is 24.5. The number of H-pyrrole nitrogens is 1. The third kappa shape index (κ3) is 4.74. The second kappa shape index (κ2) is 9.18. The Hall–Kier alpha value is -3.86. The van der Waals surface area contributed by atoms with E-state index in [1.165, 1.54) is 35.2 Å². The molecule has 1 aliphatic rings. The maximum Gasteiger partial charge on any atom is 0.417 e. The van der Waals surface area contributed by atoms with Gasteiger partial charge in [0.15, 0.2) is 6.10 Å². The molecule has 0 radical (unpaired) electrons. The normalized spacial score (nSPS) is 16.1. The molecule has 1 saturated heterocycles. The van der Waals surface area contributed by atoms with Gasteiger partial charge < -0.3 is 19.8 Å². The van der Waals surface area contributed by atoms with Crippen LogP contribution in [-0.2, 0) is 20.4 Å². The number of pyridine rings is 1. The van der Waals surface area contributed by atoms with Crippen molar-refractivity contribution in [3.63, 3.8) is 0 Å². The average molecular weight is 475 g/mol. The molecule has 1 aromatic heterocycles. The second-order valence-corrected chi connectivity index (χ2v) is 7.66. The summed E-state index contributed by atoms with van der Waals surface area (Å²) in [5.41, 5.74) is -1.20. The van der Waals surface area contributed by atoms with Gasteiger partial charge in [-0.05, 0) is 36.7 Å². The number of hydrogen-bond donors (Lipinski definition) is 2. The molecule has 2 N–H and O–H groups in total. The van der Waals surface area contributed by atoms with Crippen molar-refractivity contribution in [1.82, 2.24) is 10.3 Å². The molecule has 0 aliphatic carbocycles. The van der Waals surface area contributed by atoms with Gasteiger partial charge in [-0.15, -0.1) is 0 Å². The number of amides is 1. The Balaban J connectivity index is 1.61. The van der Waals surface area contributed by atoms with E-state index >= 15 is 0 Å². The first-order valence-electron chi connectivity index (χ1n) is 10.3. The van der Waals surface area contributed by atoms with Crippen LogP contribution in [0.4, 0.5) is 23.7 Å². The summed E-state index contributed by atoms with van der Waals surface area (Å²) < 4.78 is 50.5. The number of cyclic esters (lactones) is 1. The lowest BCUT2D eigenvalue weighted by Gasteiger charge is -2.15. The number of ether oxygens (including phenoxy) is 2. The minimum atomic E-state index is -4.58. The number of likely N-dealkylation sites (N-methyl/N-ethyl adjacent to an activating group) is 1. The van der Waals surface area contributed by atoms with Crippen molar-refractivity contribution < 1.29 is 32.2 Å². The van der Waals surface area contributed by atoms with Gasteiger partial charge in [0.05, 0.1) is 18.7 Å². The third-order valence-electron chi connectivity index (χ3n) is 5.29. The molecule has 178 valence electrons. The van der Waals surface area contributed by atoms with Gasteiger partial charge in [0.25, 0.3) is 5.56 Å². The summed E-state index contributed by atoms with van der Waals surface area (Å²) in [6, 6.07) is 11.0. The van der Waals surface area contributed by atoms with Gasteiger partial charge >= 0.3 is 18.2 Å². The number of halogens is 3. The lowest BCUT2D eigenvalue weighted by molar-refractivity contribution is -0.144. The van der Waals surface area contributed by atoms with Crippen molar-refractivity contribution in [2.45, 2.75) is 12.3 Å². The molecular weight excluding hydrogens is 455 g/mol. The van der Waals surface area contributed by atoms with E-state index in [4.69, 9.17) is 9.47 Å². The SMILES string of the molecule is CNCC(=O)OCC1CN(c2ccc3cc(-c4ccccc4C(F)(F)F)[nH]c(=O)c3c2)C(=O)O1. The van der Waals surface area contributed by atoms with E-state index in [1.54, 1.807) is 19.2 Å². The predicted molar refractivity (Wildman–Crippen MR) is 118 cm³/mol. The first kappa shape index (κ1) is 23.3. The Morgan fingerprint density at radius 2 is 1.97 bits per heavy atom. The van der Waals surface area contributed by atoms with E-state index in [-0.39, 0.29) is 36.3 Å². The van der Waals surface area contributed by atoms with E-state index in [0.717, 1.165) is 6.07 Å². The number of aromatic amines is 1. The summed E-state index contributed by atoms with van der Waals surface area (Å²) in [6.45, 7) is 0.0122. The molecule has 4 rings (SSSR count). The number of alkyl halides is 3. The molecular formula is C23H20F3N3O5. The minimum Gasteiger partial charge on any atom is -0.461 e. The van der Waals surface area contributed by atoms with E-state index in [2.05, 4.69) is 10.3 Å². The average Bonchev–Trinajstić information content (AvgIpc) is 3.17. The molecule has 0 saturated carbocycles. The number of carbonyl (C=O) groups is 2. The molecule has 8 nitrogen and oxygen atoms in total. The predicted octanol–water partition coefficient (Wildman–Crippen LogP) is 3.30. The smallest absolute Gasteiger partial charge is 0.417 e. The fourth-order valence-corrected chi connectivity index (χ4v) is 3.73. The quantitative estimate of drug-likeness (QED) is 0.531. The number of hydrogen-bond acceptors (Lipinski definition) is 6. The molecule has 3 aromatic rings. The molecule has 1 atom stereocenters. The number of anilines is 1. The largest absolute Gasteiger partial charge is 0.461 e. The Bertz CT molecular complexity index is 1300. The van der Waals surface area contributed by atoms with E-state index in [9.17, 15) is 27.6 Å². The molecule has 0 spiro atoms. The summed E-state index contributed by atoms with van der Waals surface area (Å²) >= 11 is 0. The van der Waals surface area contributed by atoms with Crippen LogP contribution in [0.3, 0.4) is 0 Å². The molecule has 0 bridgehead atoms. The van der Waals surface area contributed by atoms with Gasteiger partial charge in [-0.3, -0.25) is 14.5 Å². The van der Waals surface area contributed by atoms with Crippen molar-refractivity contribution in [2.24, 2.45) is 0 Å². The fraction of sp³-hybridized carbons (Fsp3) is 0.261. The lowest BCUT2D eigenvalue weighted by Crippen LogP contribution is -2.28. The molecule has 1 amide bonds. The number of esters is 1. The molecule has 11 heteroatoms. The monoisotopic (exact) mass is 475 g/mol. The minimum absolute atomic E-state index is 0.0211. The number of benzene rings is 2. The van der Waals surface area contributed by atoms with Crippen LogP contribution in [0.1, 0.15) is 5.56 Å². The van der Waals surface area contributed by atoms with E-state index in [1.807, 2.05) is 0 Å². The fourth-order valence-electron chi connectivity index (χ4n) is 3.73. The Kier molecular flexibility index (Phi) is 6.29. The molecule has 2 heterocycles. The highest BCUT2D eigenvalue weighted by atomic mass is 19.4. The van der Waals surface area contributed by atoms with Gasteiger partial charge in [0.2, 0.25) is 0 Å². The van der Waals surface area contributed by atoms with Crippen LogP contribution in [0.15, 0.2) is 53.3 Å². The van der Waals surface area contributed by atoms with Gasteiger partial charge in [-0.25, -0.2) is 4.79 Å². The van der Waals surface area contributed by atoms with Crippen molar-refractivity contribution >= 4 is 28.5 Å². The Morgan fingerprint density at radius 1 is 1.21 bits per heavy atom. The van der Waals surface area contributed by atoms with E-state index in [0.29, 0.717) is 11.1 Å². The maximum absolute atomic E-state index is 13.4. The standard InChI is InChI=1S/C23H20F3N3O5/c1-27-10-20(30)33-12-15-11-29(22(32)34-15)14-7-6-13-8-19(28-21(31)17(13)9-14)16-4-2-3-5-18(16)23(24,25)26/h2-9,15,27H,10-12H2,1H3,(H,28,31). The second-order valence-electron chi connectivity index (χ2n) is 7.66.